The minimum absolute atomic E-state index is 0. The van der Waals surface area contributed by atoms with E-state index in [-0.39, 0.29) is 29.6 Å². The first-order valence-corrected chi connectivity index (χ1v) is 6.31. The van der Waals surface area contributed by atoms with Gasteiger partial charge in [0.2, 0.25) is 0 Å². The van der Waals surface area contributed by atoms with Crippen LogP contribution in [0.15, 0.2) is 24.4 Å². The van der Waals surface area contributed by atoms with Crippen LogP contribution in [0.2, 0.25) is 0 Å². The summed E-state index contributed by atoms with van der Waals surface area (Å²) in [5.74, 6) is 0.261. The summed E-state index contributed by atoms with van der Waals surface area (Å²) in [7, 11) is 0. The quantitative estimate of drug-likeness (QED) is 0.634. The number of hydrogen-bond acceptors (Lipinski definition) is 3. The van der Waals surface area contributed by atoms with Gasteiger partial charge in [-0.15, -0.1) is 0 Å². The summed E-state index contributed by atoms with van der Waals surface area (Å²) < 4.78 is 5.07. The van der Waals surface area contributed by atoms with Gasteiger partial charge in [0.15, 0.2) is 0 Å². The molecule has 0 atom stereocenters. The molecule has 10 radical (unpaired) electrons. The van der Waals surface area contributed by atoms with Crippen molar-refractivity contribution < 1.29 is 26.6 Å². The molecule has 0 spiro atoms. The topological polar surface area (TPSA) is 39.2 Å². The van der Waals surface area contributed by atoms with Crippen LogP contribution >= 0.6 is 0 Å². The second-order valence-corrected chi connectivity index (χ2v) is 4.03. The summed E-state index contributed by atoms with van der Waals surface area (Å²) >= 11 is 0. The zero-order chi connectivity index (χ0) is 14.0. The Kier molecular flexibility index (Phi) is 9.36. The first kappa shape index (κ1) is 18.2. The predicted molar refractivity (Wildman–Crippen MR) is 76.0 cm³/mol. The first-order chi connectivity index (χ1) is 9.86. The monoisotopic (exact) mass is 321 g/mol. The average molecular weight is 321 g/mol. The van der Waals surface area contributed by atoms with Crippen LogP contribution in [0.1, 0.15) is 5.69 Å². The van der Waals surface area contributed by atoms with E-state index in [1.54, 1.807) is 31.9 Å². The molecule has 2 saturated carbocycles. The van der Waals surface area contributed by atoms with E-state index in [9.17, 15) is 4.79 Å². The van der Waals surface area contributed by atoms with Gasteiger partial charge in [-0.25, -0.2) is 0 Å². The fourth-order valence-corrected chi connectivity index (χ4v) is 1.54. The van der Waals surface area contributed by atoms with Crippen molar-refractivity contribution >= 4 is 5.97 Å². The van der Waals surface area contributed by atoms with Gasteiger partial charge in [0.1, 0.15) is 6.61 Å². The van der Waals surface area contributed by atoms with Crippen molar-refractivity contribution in [2.24, 2.45) is 0 Å². The summed E-state index contributed by atoms with van der Waals surface area (Å²) in [5, 5.41) is 0. The molecule has 1 aromatic rings. The number of pyridine rings is 1. The van der Waals surface area contributed by atoms with E-state index >= 15 is 0 Å². The van der Waals surface area contributed by atoms with Crippen molar-refractivity contribution in [2.75, 3.05) is 0 Å². The van der Waals surface area contributed by atoms with Gasteiger partial charge in [-0.3, -0.25) is 9.78 Å². The maximum absolute atomic E-state index is 11.4. The first-order valence-electron chi connectivity index (χ1n) is 6.31. The molecule has 0 unspecified atom stereocenters. The number of ether oxygens (including phenoxy) is 1. The van der Waals surface area contributed by atoms with Crippen LogP contribution in [0, 0.1) is 63.7 Å². The van der Waals surface area contributed by atoms with Gasteiger partial charge >= 0.3 is 23.0 Å². The Bertz CT molecular complexity index is 379. The molecule has 2 fully saturated rings. The van der Waals surface area contributed by atoms with Crippen LogP contribution in [-0.2, 0) is 33.2 Å². The van der Waals surface area contributed by atoms with Gasteiger partial charge in [-0.2, -0.15) is 0 Å². The second-order valence-electron chi connectivity index (χ2n) is 4.03. The maximum Gasteiger partial charge on any atom is 2.00 e. The molecule has 2 aliphatic rings. The van der Waals surface area contributed by atoms with E-state index in [2.05, 4.69) is 4.98 Å². The van der Waals surface area contributed by atoms with Crippen molar-refractivity contribution in [3.8, 4) is 0 Å². The molecule has 0 aliphatic heterocycles. The zero-order valence-corrected chi connectivity index (χ0v) is 12.4. The Morgan fingerprint density at radius 1 is 0.952 bits per heavy atom. The standard InChI is InChI=1S/C12H10NO2.C5H5.Fe/c14-12(10-5-1-2-6-10)15-9-11-7-3-4-8-13-11;1-2-4-5-3-1;/h1-8H,9H2;1-5H;/q;;+2. The second kappa shape index (κ2) is 10.8. The molecule has 3 nitrogen and oxygen atoms in total. The third kappa shape index (κ3) is 7.10. The van der Waals surface area contributed by atoms with Gasteiger partial charge in [0, 0.05) is 6.20 Å². The van der Waals surface area contributed by atoms with Crippen molar-refractivity contribution in [2.45, 2.75) is 6.61 Å². The molecule has 3 rings (SSSR count). The average Bonchev–Trinajstić information content (AvgIpc) is 3.20. The molecular formula is C17H15FeNO2+2. The number of nitrogens with zero attached hydrogens (tertiary/aromatic N) is 1. The van der Waals surface area contributed by atoms with E-state index in [1.165, 1.54) is 0 Å². The Morgan fingerprint density at radius 3 is 2.10 bits per heavy atom. The maximum atomic E-state index is 11.4. The van der Waals surface area contributed by atoms with E-state index in [4.69, 9.17) is 4.74 Å². The molecule has 0 amide bonds. The molecule has 4 heteroatoms. The van der Waals surface area contributed by atoms with Crippen LogP contribution in [0.25, 0.3) is 0 Å². The molecule has 0 saturated heterocycles. The molecule has 21 heavy (non-hydrogen) atoms. The van der Waals surface area contributed by atoms with Crippen molar-refractivity contribution in [3.63, 3.8) is 0 Å². The summed E-state index contributed by atoms with van der Waals surface area (Å²) in [6.07, 6.45) is 18.7. The Balaban J connectivity index is 0.000000313. The van der Waals surface area contributed by atoms with Crippen LogP contribution in [0.4, 0.5) is 0 Å². The van der Waals surface area contributed by atoms with E-state index < -0.39 is 0 Å². The molecule has 0 bridgehead atoms. The van der Waals surface area contributed by atoms with E-state index in [0.29, 0.717) is 5.92 Å². The molecule has 1 heterocycles. The molecule has 2 aliphatic carbocycles. The van der Waals surface area contributed by atoms with Crippen molar-refractivity contribution in [1.82, 2.24) is 4.98 Å². The molecule has 0 N–H and O–H groups in total. The van der Waals surface area contributed by atoms with Gasteiger partial charge in [-0.1, -0.05) is 6.07 Å². The van der Waals surface area contributed by atoms with Crippen molar-refractivity contribution in [1.29, 1.82) is 0 Å². The van der Waals surface area contributed by atoms with E-state index in [1.807, 2.05) is 50.3 Å². The molecule has 1 aromatic heterocycles. The largest absolute Gasteiger partial charge is 2.00 e. The Hall–Kier alpha value is -0.861. The van der Waals surface area contributed by atoms with E-state index in [0.717, 1.165) is 5.69 Å². The third-order valence-corrected chi connectivity index (χ3v) is 2.53. The summed E-state index contributed by atoms with van der Waals surface area (Å²) in [4.78, 5) is 15.5. The Labute approximate surface area is 138 Å². The summed E-state index contributed by atoms with van der Waals surface area (Å²) in [6, 6.07) is 5.50. The minimum Gasteiger partial charge on any atom is -0.459 e. The van der Waals surface area contributed by atoms with Crippen LogP contribution in [0.5, 0.6) is 0 Å². The van der Waals surface area contributed by atoms with Crippen LogP contribution in [0.3, 0.4) is 0 Å². The van der Waals surface area contributed by atoms with Crippen molar-refractivity contribution in [3.05, 3.63) is 93.8 Å². The van der Waals surface area contributed by atoms with Gasteiger partial charge in [0.05, 0.1) is 11.6 Å². The van der Waals surface area contributed by atoms with Crippen LogP contribution in [-0.4, -0.2) is 11.0 Å². The Morgan fingerprint density at radius 2 is 1.57 bits per heavy atom. The number of rotatable bonds is 3. The predicted octanol–water partition coefficient (Wildman–Crippen LogP) is 2.55. The number of esters is 1. The number of carbonyl (C=O) groups excluding carboxylic acids is 1. The van der Waals surface area contributed by atoms with Gasteiger partial charge in [-0.05, 0) is 69.9 Å². The number of hydrogen-bond donors (Lipinski definition) is 0. The SMILES string of the molecule is O=C(OCc1ccccn1)[C]1[CH][CH][CH][CH]1.[CH]1[CH][CH][CH][CH]1.[Fe+2]. The summed E-state index contributed by atoms with van der Waals surface area (Å²) in [5.41, 5.74) is 0.748. The molecule has 106 valence electrons. The molecule has 0 aromatic carbocycles. The van der Waals surface area contributed by atoms with Gasteiger partial charge in [0.25, 0.3) is 0 Å². The molecular weight excluding hydrogens is 306 g/mol. The van der Waals surface area contributed by atoms with Crippen LogP contribution < -0.4 is 0 Å². The fraction of sp³-hybridized carbons (Fsp3) is 0.0588. The van der Waals surface area contributed by atoms with Gasteiger partial charge < -0.3 is 4.74 Å². The summed E-state index contributed by atoms with van der Waals surface area (Å²) in [6.45, 7) is 0.213. The minimum atomic E-state index is -0.314. The zero-order valence-electron chi connectivity index (χ0n) is 11.3. The third-order valence-electron chi connectivity index (χ3n) is 2.53. The fourth-order valence-electron chi connectivity index (χ4n) is 1.54. The number of aromatic nitrogens is 1. The number of carbonyl (C=O) groups is 1. The normalized spacial score (nSPS) is 17.5. The smallest absolute Gasteiger partial charge is 0.459 e.